The van der Waals surface area contributed by atoms with Crippen molar-refractivity contribution >= 4 is 34.4 Å². The van der Waals surface area contributed by atoms with Crippen LogP contribution in [0.3, 0.4) is 0 Å². The van der Waals surface area contributed by atoms with Crippen LogP contribution >= 0.6 is 23.4 Å². The summed E-state index contributed by atoms with van der Waals surface area (Å²) >= 11 is 8.03. The lowest BCUT2D eigenvalue weighted by Gasteiger charge is -2.25. The number of hydrogen-bond donors (Lipinski definition) is 0. The second kappa shape index (κ2) is 7.72. The van der Waals surface area contributed by atoms with Crippen molar-refractivity contribution in [2.75, 3.05) is 31.1 Å². The maximum Gasteiger partial charge on any atom is 0.129 e. The van der Waals surface area contributed by atoms with E-state index in [0.717, 1.165) is 41.7 Å². The van der Waals surface area contributed by atoms with Crippen LogP contribution in [0.5, 0.6) is 0 Å². The Hall–Kier alpha value is -1.63. The first kappa shape index (κ1) is 16.8. The highest BCUT2D eigenvalue weighted by Crippen LogP contribution is 2.22. The highest BCUT2D eigenvalue weighted by Gasteiger charge is 2.10. The predicted molar refractivity (Wildman–Crippen MR) is 104 cm³/mol. The summed E-state index contributed by atoms with van der Waals surface area (Å²) in [5.74, 6) is 2.53. The quantitative estimate of drug-likeness (QED) is 0.639. The molecule has 1 aliphatic rings. The lowest BCUT2D eigenvalue weighted by molar-refractivity contribution is 0.290. The van der Waals surface area contributed by atoms with Crippen LogP contribution in [0, 0.1) is 0 Å². The van der Waals surface area contributed by atoms with Gasteiger partial charge >= 0.3 is 0 Å². The molecule has 1 fully saturated rings. The first-order valence-electron chi connectivity index (χ1n) is 8.53. The number of hydrogen-bond acceptors (Lipinski definition) is 5. The van der Waals surface area contributed by atoms with Gasteiger partial charge in [-0.25, -0.2) is 4.98 Å². The maximum absolute atomic E-state index is 5.98. The summed E-state index contributed by atoms with van der Waals surface area (Å²) < 4.78 is 2.02. The number of rotatable bonds is 5. The van der Waals surface area contributed by atoms with Crippen LogP contribution in [0.1, 0.15) is 6.42 Å². The smallest absolute Gasteiger partial charge is 0.129 e. The van der Waals surface area contributed by atoms with E-state index in [1.165, 1.54) is 24.6 Å². The van der Waals surface area contributed by atoms with E-state index in [1.54, 1.807) is 6.07 Å². The van der Waals surface area contributed by atoms with Crippen molar-refractivity contribution in [2.45, 2.75) is 13.0 Å². The standard InChI is InChI=1S/C18H20ClN5S/c19-18-3-2-16-17(22-18)10-14(11-20-16)15-12-21-24(13-15)5-1-4-23-6-8-25-9-7-23/h2-3,10-13H,1,4-9H2. The molecule has 0 aromatic carbocycles. The number of aryl methyl sites for hydroxylation is 1. The van der Waals surface area contributed by atoms with Gasteiger partial charge in [-0.15, -0.1) is 0 Å². The molecule has 25 heavy (non-hydrogen) atoms. The van der Waals surface area contributed by atoms with Crippen LogP contribution in [0.25, 0.3) is 22.2 Å². The Morgan fingerprint density at radius 2 is 1.92 bits per heavy atom. The largest absolute Gasteiger partial charge is 0.302 e. The van der Waals surface area contributed by atoms with Gasteiger partial charge < -0.3 is 4.90 Å². The fourth-order valence-corrected chi connectivity index (χ4v) is 4.19. The van der Waals surface area contributed by atoms with E-state index < -0.39 is 0 Å². The van der Waals surface area contributed by atoms with Crippen molar-refractivity contribution in [1.82, 2.24) is 24.6 Å². The highest BCUT2D eigenvalue weighted by molar-refractivity contribution is 7.99. The van der Waals surface area contributed by atoms with Gasteiger partial charge in [-0.3, -0.25) is 9.67 Å². The Morgan fingerprint density at radius 1 is 1.04 bits per heavy atom. The van der Waals surface area contributed by atoms with Crippen LogP contribution in [0.15, 0.2) is 36.8 Å². The molecule has 5 nitrogen and oxygen atoms in total. The van der Waals surface area contributed by atoms with Crippen molar-refractivity contribution in [3.05, 3.63) is 41.9 Å². The summed E-state index contributed by atoms with van der Waals surface area (Å²) in [5, 5.41) is 4.98. The Balaban J connectivity index is 1.42. The highest BCUT2D eigenvalue weighted by atomic mass is 35.5. The minimum Gasteiger partial charge on any atom is -0.302 e. The third-order valence-electron chi connectivity index (χ3n) is 4.44. The number of pyridine rings is 2. The van der Waals surface area contributed by atoms with Gasteiger partial charge in [0.1, 0.15) is 5.15 Å². The van der Waals surface area contributed by atoms with E-state index in [4.69, 9.17) is 11.6 Å². The predicted octanol–water partition coefficient (Wildman–Crippen LogP) is 3.59. The van der Waals surface area contributed by atoms with Crippen LogP contribution in [-0.2, 0) is 6.54 Å². The SMILES string of the molecule is Clc1ccc2ncc(-c3cnn(CCCN4CCSCC4)c3)cc2n1. The van der Waals surface area contributed by atoms with Crippen molar-refractivity contribution in [3.8, 4) is 11.1 Å². The minimum atomic E-state index is 0.484. The first-order valence-corrected chi connectivity index (χ1v) is 10.1. The molecule has 130 valence electrons. The lowest BCUT2D eigenvalue weighted by Crippen LogP contribution is -2.33. The fourth-order valence-electron chi connectivity index (χ4n) is 3.06. The van der Waals surface area contributed by atoms with Gasteiger partial charge in [0.15, 0.2) is 0 Å². The summed E-state index contributed by atoms with van der Waals surface area (Å²) in [7, 11) is 0. The van der Waals surface area contributed by atoms with Gasteiger partial charge in [0.25, 0.3) is 0 Å². The Kier molecular flexibility index (Phi) is 5.20. The molecule has 0 amide bonds. The molecular formula is C18H20ClN5S. The number of thioether (sulfide) groups is 1. The summed E-state index contributed by atoms with van der Waals surface area (Å²) in [6, 6.07) is 5.66. The van der Waals surface area contributed by atoms with Crippen molar-refractivity contribution < 1.29 is 0 Å². The second-order valence-corrected chi connectivity index (χ2v) is 7.81. The molecule has 3 aromatic heterocycles. The third-order valence-corrected chi connectivity index (χ3v) is 5.59. The molecule has 4 rings (SSSR count). The normalized spacial score (nSPS) is 15.7. The topological polar surface area (TPSA) is 46.8 Å². The van der Waals surface area contributed by atoms with E-state index in [1.807, 2.05) is 29.2 Å². The molecule has 0 N–H and O–H groups in total. The maximum atomic E-state index is 5.98. The second-order valence-electron chi connectivity index (χ2n) is 6.20. The molecule has 1 saturated heterocycles. The third kappa shape index (κ3) is 4.14. The lowest BCUT2D eigenvalue weighted by atomic mass is 10.1. The number of fused-ring (bicyclic) bond motifs is 1. The van der Waals surface area contributed by atoms with E-state index in [9.17, 15) is 0 Å². The molecular weight excluding hydrogens is 354 g/mol. The first-order chi connectivity index (χ1) is 12.3. The molecule has 0 radical (unpaired) electrons. The summed E-state index contributed by atoms with van der Waals surface area (Å²) in [5.41, 5.74) is 3.73. The minimum absolute atomic E-state index is 0.484. The zero-order chi connectivity index (χ0) is 17.1. The number of nitrogens with zero attached hydrogens (tertiary/aromatic N) is 5. The molecule has 4 heterocycles. The molecule has 0 saturated carbocycles. The van der Waals surface area contributed by atoms with Crippen molar-refractivity contribution in [3.63, 3.8) is 0 Å². The monoisotopic (exact) mass is 373 g/mol. The Labute approximate surface area is 156 Å². The molecule has 0 unspecified atom stereocenters. The molecule has 0 spiro atoms. The van der Waals surface area contributed by atoms with Gasteiger partial charge in [0, 0.05) is 54.7 Å². The van der Waals surface area contributed by atoms with Crippen molar-refractivity contribution in [1.29, 1.82) is 0 Å². The Morgan fingerprint density at radius 3 is 2.80 bits per heavy atom. The zero-order valence-electron chi connectivity index (χ0n) is 13.9. The number of aromatic nitrogens is 4. The van der Waals surface area contributed by atoms with Crippen LogP contribution < -0.4 is 0 Å². The van der Waals surface area contributed by atoms with Crippen LogP contribution in [-0.4, -0.2) is 55.8 Å². The Bertz CT molecular complexity index is 860. The summed E-state index contributed by atoms with van der Waals surface area (Å²) in [4.78, 5) is 11.3. The molecule has 0 aliphatic carbocycles. The molecule has 0 atom stereocenters. The van der Waals surface area contributed by atoms with Gasteiger partial charge in [-0.2, -0.15) is 16.9 Å². The molecule has 7 heteroatoms. The van der Waals surface area contributed by atoms with Crippen LogP contribution in [0.2, 0.25) is 5.15 Å². The van der Waals surface area contributed by atoms with Gasteiger partial charge in [-0.1, -0.05) is 11.6 Å². The average Bonchev–Trinajstić information content (AvgIpc) is 3.11. The zero-order valence-corrected chi connectivity index (χ0v) is 15.5. The van der Waals surface area contributed by atoms with E-state index in [0.29, 0.717) is 5.15 Å². The van der Waals surface area contributed by atoms with Crippen LogP contribution in [0.4, 0.5) is 0 Å². The van der Waals surface area contributed by atoms with E-state index >= 15 is 0 Å². The van der Waals surface area contributed by atoms with Crippen molar-refractivity contribution in [2.24, 2.45) is 0 Å². The summed E-state index contributed by atoms with van der Waals surface area (Å²) in [6.07, 6.45) is 6.97. The average molecular weight is 374 g/mol. The fraction of sp³-hybridized carbons (Fsp3) is 0.389. The molecule has 0 bridgehead atoms. The van der Waals surface area contributed by atoms with E-state index in [-0.39, 0.29) is 0 Å². The van der Waals surface area contributed by atoms with Gasteiger partial charge in [0.2, 0.25) is 0 Å². The molecule has 3 aromatic rings. The van der Waals surface area contributed by atoms with Gasteiger partial charge in [0.05, 0.1) is 17.2 Å². The van der Waals surface area contributed by atoms with Gasteiger partial charge in [-0.05, 0) is 31.2 Å². The van der Waals surface area contributed by atoms with E-state index in [2.05, 4.69) is 37.9 Å². The number of halogens is 1. The molecule has 1 aliphatic heterocycles. The summed E-state index contributed by atoms with van der Waals surface area (Å²) in [6.45, 7) is 4.52.